The summed E-state index contributed by atoms with van der Waals surface area (Å²) >= 11 is 0. The molecule has 2 aromatic rings. The first kappa shape index (κ1) is 22.0. The molecule has 1 aliphatic heterocycles. The molecule has 1 unspecified atom stereocenters. The molecule has 0 saturated carbocycles. The van der Waals surface area contributed by atoms with E-state index in [1.54, 1.807) is 0 Å². The molecule has 2 aromatic carbocycles. The maximum absolute atomic E-state index is 10.8. The fourth-order valence-electron chi connectivity index (χ4n) is 4.88. The van der Waals surface area contributed by atoms with Crippen molar-refractivity contribution in [2.75, 3.05) is 19.8 Å². The molecule has 1 aliphatic rings. The highest BCUT2D eigenvalue weighted by Crippen LogP contribution is 2.38. The summed E-state index contributed by atoms with van der Waals surface area (Å²) in [6.45, 7) is 10.8. The molecule has 1 fully saturated rings. The first-order chi connectivity index (χ1) is 13.8. The Hall–Kier alpha value is -1.68. The minimum atomic E-state index is -0.487. The monoisotopic (exact) mass is 395 g/mol. The average molecular weight is 396 g/mol. The van der Waals surface area contributed by atoms with Gasteiger partial charge in [0.15, 0.2) is 0 Å². The lowest BCUT2D eigenvalue weighted by Crippen LogP contribution is -2.60. The fourth-order valence-corrected chi connectivity index (χ4v) is 4.88. The minimum Gasteiger partial charge on any atom is -0.389 e. The topological polar surface area (TPSA) is 32.7 Å². The van der Waals surface area contributed by atoms with Crippen molar-refractivity contribution in [1.82, 2.24) is 4.90 Å². The van der Waals surface area contributed by atoms with Gasteiger partial charge in [-0.25, -0.2) is 0 Å². The van der Waals surface area contributed by atoms with Gasteiger partial charge < -0.3 is 9.84 Å². The predicted octanol–water partition coefficient (Wildman–Crippen LogP) is 5.24. The van der Waals surface area contributed by atoms with E-state index in [1.807, 2.05) is 12.1 Å². The number of rotatable bonds is 8. The normalized spacial score (nSPS) is 19.9. The molecule has 0 amide bonds. The summed E-state index contributed by atoms with van der Waals surface area (Å²) in [4.78, 5) is 2.48. The van der Waals surface area contributed by atoms with Gasteiger partial charge in [0.2, 0.25) is 0 Å². The van der Waals surface area contributed by atoms with Gasteiger partial charge in [0.1, 0.15) is 0 Å². The van der Waals surface area contributed by atoms with Crippen LogP contribution in [0.1, 0.15) is 64.0 Å². The molecule has 0 bridgehead atoms. The number of aliphatic hydroxyl groups is 1. The van der Waals surface area contributed by atoms with Crippen molar-refractivity contribution in [3.8, 4) is 0 Å². The lowest BCUT2D eigenvalue weighted by Gasteiger charge is -2.53. The summed E-state index contributed by atoms with van der Waals surface area (Å²) in [7, 11) is 0. The smallest absolute Gasteiger partial charge is 0.0900 e. The van der Waals surface area contributed by atoms with Crippen LogP contribution in [-0.2, 0) is 4.74 Å². The van der Waals surface area contributed by atoms with E-state index in [4.69, 9.17) is 4.74 Å². The molecule has 0 aromatic heterocycles. The van der Waals surface area contributed by atoms with Crippen molar-refractivity contribution < 1.29 is 9.84 Å². The van der Waals surface area contributed by atoms with Crippen molar-refractivity contribution in [2.45, 2.75) is 70.1 Å². The molecule has 29 heavy (non-hydrogen) atoms. The lowest BCUT2D eigenvalue weighted by atomic mass is 9.79. The summed E-state index contributed by atoms with van der Waals surface area (Å²) in [6, 6.07) is 21.0. The quantitative estimate of drug-likeness (QED) is 0.663. The molecule has 1 saturated heterocycles. The maximum Gasteiger partial charge on any atom is 0.0900 e. The second kappa shape index (κ2) is 9.42. The van der Waals surface area contributed by atoms with Crippen LogP contribution in [0.15, 0.2) is 60.7 Å². The van der Waals surface area contributed by atoms with Crippen LogP contribution in [0.25, 0.3) is 0 Å². The summed E-state index contributed by atoms with van der Waals surface area (Å²) in [5.74, 6) is 0.174. The Kier molecular flexibility index (Phi) is 7.15. The zero-order valence-corrected chi connectivity index (χ0v) is 18.5. The molecule has 1 heterocycles. The number of piperidine rings is 1. The zero-order chi connectivity index (χ0) is 20.9. The SMILES string of the molecule is CC1(C)CCCC(C)(C)N1CC(O)COCC(c1ccccc1)c1ccccc1. The van der Waals surface area contributed by atoms with E-state index in [9.17, 15) is 5.11 Å². The second-order valence-corrected chi connectivity index (χ2v) is 9.65. The number of ether oxygens (including phenoxy) is 1. The third kappa shape index (κ3) is 5.69. The lowest BCUT2D eigenvalue weighted by molar-refractivity contribution is -0.0702. The molecular formula is C26H37NO2. The van der Waals surface area contributed by atoms with Crippen LogP contribution in [-0.4, -0.2) is 46.9 Å². The van der Waals surface area contributed by atoms with Crippen molar-refractivity contribution in [3.63, 3.8) is 0 Å². The van der Waals surface area contributed by atoms with Crippen LogP contribution >= 0.6 is 0 Å². The summed E-state index contributed by atoms with van der Waals surface area (Å²) in [5.41, 5.74) is 2.71. The highest BCUT2D eigenvalue weighted by Gasteiger charge is 2.41. The predicted molar refractivity (Wildman–Crippen MR) is 120 cm³/mol. The highest BCUT2D eigenvalue weighted by molar-refractivity contribution is 5.32. The first-order valence-electron chi connectivity index (χ1n) is 10.9. The molecule has 158 valence electrons. The second-order valence-electron chi connectivity index (χ2n) is 9.65. The summed E-state index contributed by atoms with van der Waals surface area (Å²) in [5, 5.41) is 10.8. The molecule has 3 rings (SSSR count). The number of hydrogen-bond donors (Lipinski definition) is 1. The number of benzene rings is 2. The van der Waals surface area contributed by atoms with Gasteiger partial charge in [-0.1, -0.05) is 60.7 Å². The minimum absolute atomic E-state index is 0.110. The third-order valence-electron chi connectivity index (χ3n) is 6.43. The van der Waals surface area contributed by atoms with Gasteiger partial charge in [0, 0.05) is 23.5 Å². The molecule has 1 atom stereocenters. The van der Waals surface area contributed by atoms with E-state index in [0.717, 1.165) is 0 Å². The van der Waals surface area contributed by atoms with E-state index in [0.29, 0.717) is 19.8 Å². The third-order valence-corrected chi connectivity index (χ3v) is 6.43. The van der Waals surface area contributed by atoms with Gasteiger partial charge >= 0.3 is 0 Å². The van der Waals surface area contributed by atoms with Gasteiger partial charge in [0.05, 0.1) is 19.3 Å². The van der Waals surface area contributed by atoms with Crippen LogP contribution in [0, 0.1) is 0 Å². The molecule has 3 nitrogen and oxygen atoms in total. The Morgan fingerprint density at radius 1 is 0.828 bits per heavy atom. The van der Waals surface area contributed by atoms with Gasteiger partial charge in [-0.05, 0) is 58.1 Å². The number of nitrogens with zero attached hydrogens (tertiary/aromatic N) is 1. The molecular weight excluding hydrogens is 358 g/mol. The zero-order valence-electron chi connectivity index (χ0n) is 18.5. The van der Waals surface area contributed by atoms with Crippen molar-refractivity contribution in [1.29, 1.82) is 0 Å². The van der Waals surface area contributed by atoms with E-state index in [-0.39, 0.29) is 17.0 Å². The van der Waals surface area contributed by atoms with Crippen molar-refractivity contribution in [3.05, 3.63) is 71.8 Å². The van der Waals surface area contributed by atoms with E-state index in [1.165, 1.54) is 30.4 Å². The summed E-state index contributed by atoms with van der Waals surface area (Å²) in [6.07, 6.45) is 3.11. The van der Waals surface area contributed by atoms with Gasteiger partial charge in [-0.3, -0.25) is 4.90 Å². The average Bonchev–Trinajstić information content (AvgIpc) is 2.69. The number of hydrogen-bond acceptors (Lipinski definition) is 3. The van der Waals surface area contributed by atoms with Gasteiger partial charge in [0.25, 0.3) is 0 Å². The van der Waals surface area contributed by atoms with E-state index >= 15 is 0 Å². The standard InChI is InChI=1S/C26H37NO2/c1-25(2)16-11-17-26(3,4)27(25)18-23(28)19-29-20-24(21-12-7-5-8-13-21)22-14-9-6-10-15-22/h5-10,12-15,23-24,28H,11,16-20H2,1-4H3. The summed E-state index contributed by atoms with van der Waals surface area (Å²) < 4.78 is 6.07. The molecule has 0 spiro atoms. The number of likely N-dealkylation sites (tertiary alicyclic amines) is 1. The first-order valence-corrected chi connectivity index (χ1v) is 10.9. The van der Waals surface area contributed by atoms with Crippen LogP contribution in [0.5, 0.6) is 0 Å². The van der Waals surface area contributed by atoms with Crippen molar-refractivity contribution in [2.24, 2.45) is 0 Å². The van der Waals surface area contributed by atoms with E-state index < -0.39 is 6.10 Å². The fraction of sp³-hybridized carbons (Fsp3) is 0.538. The number of β-amino-alcohol motifs (C(OH)–C–C–N with tert-alkyl or cyclic N) is 1. The Balaban J connectivity index is 1.61. The van der Waals surface area contributed by atoms with Crippen molar-refractivity contribution >= 4 is 0 Å². The number of aliphatic hydroxyl groups excluding tert-OH is 1. The molecule has 0 radical (unpaired) electrons. The Morgan fingerprint density at radius 2 is 1.31 bits per heavy atom. The molecule has 3 heteroatoms. The molecule has 1 N–H and O–H groups in total. The molecule has 0 aliphatic carbocycles. The largest absolute Gasteiger partial charge is 0.389 e. The van der Waals surface area contributed by atoms with Crippen LogP contribution in [0.4, 0.5) is 0 Å². The highest BCUT2D eigenvalue weighted by atomic mass is 16.5. The van der Waals surface area contributed by atoms with Crippen LogP contribution in [0.3, 0.4) is 0 Å². The van der Waals surface area contributed by atoms with Gasteiger partial charge in [-0.2, -0.15) is 0 Å². The van der Waals surface area contributed by atoms with Gasteiger partial charge in [-0.15, -0.1) is 0 Å². The van der Waals surface area contributed by atoms with Crippen LogP contribution < -0.4 is 0 Å². The van der Waals surface area contributed by atoms with Crippen LogP contribution in [0.2, 0.25) is 0 Å². The maximum atomic E-state index is 10.8. The Morgan fingerprint density at radius 3 is 1.79 bits per heavy atom. The van der Waals surface area contributed by atoms with E-state index in [2.05, 4.69) is 81.1 Å². The Labute approximate surface area is 176 Å². The Bertz CT molecular complexity index is 686.